The number of carbonyl (C=O) groups is 1. The number of anilines is 1. The number of amides is 1. The number of nitriles is 1. The van der Waals surface area contributed by atoms with Crippen LogP contribution in [0.5, 0.6) is 11.5 Å². The molecule has 0 aliphatic heterocycles. The summed E-state index contributed by atoms with van der Waals surface area (Å²) in [5.41, 5.74) is 3.09. The molecule has 33 heavy (non-hydrogen) atoms. The van der Waals surface area contributed by atoms with Crippen molar-refractivity contribution in [3.8, 4) is 17.6 Å². The maximum atomic E-state index is 12.6. The van der Waals surface area contributed by atoms with Crippen molar-refractivity contribution in [2.75, 3.05) is 18.5 Å². The van der Waals surface area contributed by atoms with Crippen molar-refractivity contribution < 1.29 is 14.3 Å². The molecule has 0 atom stereocenters. The Balaban J connectivity index is 1.74. The third kappa shape index (κ3) is 7.01. The van der Waals surface area contributed by atoms with Gasteiger partial charge in [-0.05, 0) is 56.3 Å². The van der Waals surface area contributed by atoms with Crippen LogP contribution in [0.25, 0.3) is 6.08 Å². The molecule has 3 rings (SSSR count). The largest absolute Gasteiger partial charge is 0.490 e. The number of ether oxygens (including phenoxy) is 2. The number of aryl methyl sites for hydroxylation is 2. The lowest BCUT2D eigenvalue weighted by Gasteiger charge is -2.13. The quantitative estimate of drug-likeness (QED) is 0.223. The molecule has 0 radical (unpaired) electrons. The average molecular weight is 481 g/mol. The number of nitrogens with zero attached hydrogens (tertiary/aromatic N) is 1. The minimum Gasteiger partial charge on any atom is -0.490 e. The molecule has 1 N–H and O–H groups in total. The normalized spacial score (nSPS) is 10.9. The third-order valence-electron chi connectivity index (χ3n) is 4.63. The highest BCUT2D eigenvalue weighted by molar-refractivity contribution is 6.36. The van der Waals surface area contributed by atoms with Crippen LogP contribution in [0.15, 0.2) is 66.2 Å². The summed E-state index contributed by atoms with van der Waals surface area (Å²) in [6.07, 6.45) is 1.40. The molecule has 5 nitrogen and oxygen atoms in total. The summed E-state index contributed by atoms with van der Waals surface area (Å²) < 4.78 is 11.5. The first kappa shape index (κ1) is 24.2. The Bertz CT molecular complexity index is 1200. The van der Waals surface area contributed by atoms with Crippen molar-refractivity contribution >= 4 is 40.9 Å². The molecule has 1 amide bonds. The Morgan fingerprint density at radius 2 is 1.58 bits per heavy atom. The second-order valence-corrected chi connectivity index (χ2v) is 8.15. The molecule has 7 heteroatoms. The van der Waals surface area contributed by atoms with Crippen molar-refractivity contribution in [3.63, 3.8) is 0 Å². The maximum absolute atomic E-state index is 12.6. The molecule has 0 saturated carbocycles. The van der Waals surface area contributed by atoms with Crippen molar-refractivity contribution in [2.45, 2.75) is 13.8 Å². The van der Waals surface area contributed by atoms with E-state index < -0.39 is 5.91 Å². The first-order valence-electron chi connectivity index (χ1n) is 10.2. The highest BCUT2D eigenvalue weighted by Gasteiger charge is 2.15. The molecule has 3 aromatic rings. The molecule has 0 bridgehead atoms. The molecular formula is C26H22Cl2N2O3. The predicted molar refractivity (Wildman–Crippen MR) is 132 cm³/mol. The van der Waals surface area contributed by atoms with E-state index in [0.717, 1.165) is 16.9 Å². The molecule has 168 valence electrons. The second kappa shape index (κ2) is 11.4. The molecule has 0 spiro atoms. The van der Waals surface area contributed by atoms with Gasteiger partial charge in [0, 0.05) is 16.3 Å². The number of carbonyl (C=O) groups excluding carboxylic acids is 1. The average Bonchev–Trinajstić information content (AvgIpc) is 2.78. The van der Waals surface area contributed by atoms with E-state index in [4.69, 9.17) is 32.7 Å². The molecule has 3 aromatic carbocycles. The number of benzene rings is 3. The van der Waals surface area contributed by atoms with Crippen LogP contribution in [0.2, 0.25) is 10.0 Å². The van der Waals surface area contributed by atoms with Crippen molar-refractivity contribution in [1.82, 2.24) is 0 Å². The number of nitrogens with one attached hydrogen (secondary N) is 1. The summed E-state index contributed by atoms with van der Waals surface area (Å²) in [7, 11) is 0. The van der Waals surface area contributed by atoms with Gasteiger partial charge < -0.3 is 14.8 Å². The molecule has 0 aliphatic carbocycles. The lowest BCUT2D eigenvalue weighted by molar-refractivity contribution is -0.112. The minimum atomic E-state index is -0.550. The smallest absolute Gasteiger partial charge is 0.266 e. The van der Waals surface area contributed by atoms with Gasteiger partial charge in [-0.1, -0.05) is 58.6 Å². The molecule has 0 aromatic heterocycles. The second-order valence-electron chi connectivity index (χ2n) is 7.31. The van der Waals surface area contributed by atoms with Gasteiger partial charge in [-0.2, -0.15) is 5.26 Å². The minimum absolute atomic E-state index is 0.116. The van der Waals surface area contributed by atoms with E-state index in [9.17, 15) is 10.1 Å². The van der Waals surface area contributed by atoms with Crippen LogP contribution in [0.1, 0.15) is 16.7 Å². The molecule has 0 heterocycles. The Kier molecular flexibility index (Phi) is 8.37. The number of rotatable bonds is 8. The van der Waals surface area contributed by atoms with E-state index in [-0.39, 0.29) is 23.8 Å². The standard InChI is InChI=1S/C26H22Cl2N2O3/c1-17-3-7-22(8-4-17)30-26(31)20(16-29)13-19-14-21(27)15-24(28)25(19)33-12-11-32-23-9-5-18(2)6-10-23/h3-10,13-15H,11-12H2,1-2H3,(H,30,31)/b20-13+. The fourth-order valence-electron chi connectivity index (χ4n) is 2.92. The van der Waals surface area contributed by atoms with Crippen molar-refractivity contribution in [2.24, 2.45) is 0 Å². The lowest BCUT2D eigenvalue weighted by Crippen LogP contribution is -2.13. The summed E-state index contributed by atoms with van der Waals surface area (Å²) in [6.45, 7) is 4.43. The van der Waals surface area contributed by atoms with Gasteiger partial charge in [0.2, 0.25) is 0 Å². The van der Waals surface area contributed by atoms with E-state index in [0.29, 0.717) is 22.0 Å². The van der Waals surface area contributed by atoms with Crippen LogP contribution >= 0.6 is 23.2 Å². The van der Waals surface area contributed by atoms with Gasteiger partial charge in [0.05, 0.1) is 5.02 Å². The van der Waals surface area contributed by atoms with E-state index in [1.54, 1.807) is 18.2 Å². The molecule has 0 unspecified atom stereocenters. The first-order chi connectivity index (χ1) is 15.9. The van der Waals surface area contributed by atoms with E-state index in [2.05, 4.69) is 5.32 Å². The number of hydrogen-bond acceptors (Lipinski definition) is 4. The van der Waals surface area contributed by atoms with Gasteiger partial charge in [0.1, 0.15) is 36.4 Å². The lowest BCUT2D eigenvalue weighted by atomic mass is 10.1. The Morgan fingerprint density at radius 1 is 0.970 bits per heavy atom. The van der Waals surface area contributed by atoms with Crippen LogP contribution in [-0.2, 0) is 4.79 Å². The van der Waals surface area contributed by atoms with Gasteiger partial charge >= 0.3 is 0 Å². The number of halogens is 2. The first-order valence-corrected chi connectivity index (χ1v) is 10.9. The van der Waals surface area contributed by atoms with Crippen LogP contribution in [0.3, 0.4) is 0 Å². The summed E-state index contributed by atoms with van der Waals surface area (Å²) in [4.78, 5) is 12.6. The molecule has 0 aliphatic rings. The van der Waals surface area contributed by atoms with Gasteiger partial charge in [-0.25, -0.2) is 0 Å². The monoisotopic (exact) mass is 480 g/mol. The fourth-order valence-corrected chi connectivity index (χ4v) is 3.48. The van der Waals surface area contributed by atoms with Gasteiger partial charge in [-0.15, -0.1) is 0 Å². The molecule has 0 fully saturated rings. The third-order valence-corrected chi connectivity index (χ3v) is 5.13. The topological polar surface area (TPSA) is 71.4 Å². The van der Waals surface area contributed by atoms with E-state index in [1.807, 2.05) is 56.3 Å². The maximum Gasteiger partial charge on any atom is 0.266 e. The van der Waals surface area contributed by atoms with E-state index in [1.165, 1.54) is 12.1 Å². The van der Waals surface area contributed by atoms with Crippen molar-refractivity contribution in [3.05, 3.63) is 93.0 Å². The zero-order valence-corrected chi connectivity index (χ0v) is 19.7. The van der Waals surface area contributed by atoms with Gasteiger partial charge in [0.25, 0.3) is 5.91 Å². The van der Waals surface area contributed by atoms with Crippen molar-refractivity contribution in [1.29, 1.82) is 5.26 Å². The molecule has 0 saturated heterocycles. The van der Waals surface area contributed by atoms with Crippen LogP contribution in [-0.4, -0.2) is 19.1 Å². The highest BCUT2D eigenvalue weighted by Crippen LogP contribution is 2.34. The summed E-state index contributed by atoms with van der Waals surface area (Å²) in [5, 5.41) is 12.9. The SMILES string of the molecule is Cc1ccc(NC(=O)/C(C#N)=C/c2cc(Cl)cc(Cl)c2OCCOc2ccc(C)cc2)cc1. The van der Waals surface area contributed by atoms with Crippen LogP contribution in [0, 0.1) is 25.2 Å². The zero-order chi connectivity index (χ0) is 23.8. The van der Waals surface area contributed by atoms with Crippen LogP contribution < -0.4 is 14.8 Å². The van der Waals surface area contributed by atoms with Crippen LogP contribution in [0.4, 0.5) is 5.69 Å². The van der Waals surface area contributed by atoms with E-state index >= 15 is 0 Å². The summed E-state index contributed by atoms with van der Waals surface area (Å²) in [5.74, 6) is 0.488. The summed E-state index contributed by atoms with van der Waals surface area (Å²) >= 11 is 12.5. The van der Waals surface area contributed by atoms with Gasteiger partial charge in [-0.3, -0.25) is 4.79 Å². The predicted octanol–water partition coefficient (Wildman–Crippen LogP) is 6.61. The Morgan fingerprint density at radius 3 is 2.21 bits per heavy atom. The number of hydrogen-bond donors (Lipinski definition) is 1. The summed E-state index contributed by atoms with van der Waals surface area (Å²) in [6, 6.07) is 20.0. The zero-order valence-electron chi connectivity index (χ0n) is 18.2. The highest BCUT2D eigenvalue weighted by atomic mass is 35.5. The van der Waals surface area contributed by atoms with Gasteiger partial charge in [0.15, 0.2) is 0 Å². The fraction of sp³-hybridized carbons (Fsp3) is 0.154. The Labute approximate surface area is 203 Å². The Hall–Kier alpha value is -3.46. The molecular weight excluding hydrogens is 459 g/mol.